The number of hydrogen-bond acceptors (Lipinski definition) is 5. The second-order valence-corrected chi connectivity index (χ2v) is 7.86. The number of benzene rings is 1. The Morgan fingerprint density at radius 3 is 2.58 bits per heavy atom. The van der Waals surface area contributed by atoms with Crippen molar-refractivity contribution < 1.29 is 9.53 Å². The summed E-state index contributed by atoms with van der Waals surface area (Å²) in [6.45, 7) is 7.96. The monoisotopic (exact) mass is 418 g/mol. The summed E-state index contributed by atoms with van der Waals surface area (Å²) in [5, 5.41) is 12.7. The zero-order valence-corrected chi connectivity index (χ0v) is 18.6. The van der Waals surface area contributed by atoms with Crippen LogP contribution < -0.4 is 10.1 Å². The summed E-state index contributed by atoms with van der Waals surface area (Å²) >= 11 is 0. The second-order valence-electron chi connectivity index (χ2n) is 7.86. The SMILES string of the molecule is COc1cccc(-c2cc(C(=O)Nc3cc(C)n(C(C)C)n3)c3c(C)nn(C)c3n2)c1. The molecule has 3 heterocycles. The van der Waals surface area contributed by atoms with E-state index in [1.165, 1.54) is 0 Å². The number of aryl methyl sites for hydroxylation is 3. The summed E-state index contributed by atoms with van der Waals surface area (Å²) in [6, 6.07) is 11.5. The van der Waals surface area contributed by atoms with E-state index >= 15 is 0 Å². The molecule has 0 saturated carbocycles. The number of aromatic nitrogens is 5. The molecule has 1 aromatic carbocycles. The molecule has 0 bridgehead atoms. The van der Waals surface area contributed by atoms with Crippen molar-refractivity contribution in [1.29, 1.82) is 0 Å². The number of pyridine rings is 1. The topological polar surface area (TPSA) is 86.9 Å². The molecule has 1 amide bonds. The second kappa shape index (κ2) is 7.86. The molecule has 3 aromatic heterocycles. The quantitative estimate of drug-likeness (QED) is 0.522. The van der Waals surface area contributed by atoms with Crippen LogP contribution in [0, 0.1) is 13.8 Å². The Labute approximate surface area is 180 Å². The highest BCUT2D eigenvalue weighted by molar-refractivity contribution is 6.13. The lowest BCUT2D eigenvalue weighted by molar-refractivity contribution is 0.102. The fourth-order valence-corrected chi connectivity index (χ4v) is 3.81. The minimum atomic E-state index is -0.249. The van der Waals surface area contributed by atoms with Crippen LogP contribution in [-0.2, 0) is 7.05 Å². The van der Waals surface area contributed by atoms with Crippen molar-refractivity contribution in [2.24, 2.45) is 7.05 Å². The fraction of sp³-hybridized carbons (Fsp3) is 0.304. The average Bonchev–Trinajstić information content (AvgIpc) is 3.26. The van der Waals surface area contributed by atoms with E-state index in [1.807, 2.05) is 55.9 Å². The molecule has 1 N–H and O–H groups in total. The first-order valence-corrected chi connectivity index (χ1v) is 10.1. The molecule has 0 spiro atoms. The maximum Gasteiger partial charge on any atom is 0.257 e. The van der Waals surface area contributed by atoms with Crippen LogP contribution in [0.15, 0.2) is 36.4 Å². The molecule has 8 heteroatoms. The number of hydrogen-bond donors (Lipinski definition) is 1. The van der Waals surface area contributed by atoms with Gasteiger partial charge in [-0.15, -0.1) is 0 Å². The van der Waals surface area contributed by atoms with Crippen LogP contribution in [0.25, 0.3) is 22.3 Å². The number of ether oxygens (including phenoxy) is 1. The normalized spacial score (nSPS) is 11.3. The first-order chi connectivity index (χ1) is 14.8. The van der Waals surface area contributed by atoms with Crippen molar-refractivity contribution in [3.8, 4) is 17.0 Å². The Morgan fingerprint density at radius 2 is 1.90 bits per heavy atom. The van der Waals surface area contributed by atoms with Gasteiger partial charge in [-0.2, -0.15) is 10.2 Å². The summed E-state index contributed by atoms with van der Waals surface area (Å²) in [7, 11) is 3.45. The minimum Gasteiger partial charge on any atom is -0.497 e. The van der Waals surface area contributed by atoms with Gasteiger partial charge in [0, 0.05) is 30.4 Å². The zero-order valence-electron chi connectivity index (χ0n) is 18.6. The van der Waals surface area contributed by atoms with E-state index in [9.17, 15) is 4.79 Å². The smallest absolute Gasteiger partial charge is 0.257 e. The Morgan fingerprint density at radius 1 is 1.13 bits per heavy atom. The number of carbonyl (C=O) groups is 1. The highest BCUT2D eigenvalue weighted by Crippen LogP contribution is 2.29. The number of rotatable bonds is 5. The Balaban J connectivity index is 1.82. The van der Waals surface area contributed by atoms with Gasteiger partial charge in [0.05, 0.1) is 29.4 Å². The Kier molecular flexibility index (Phi) is 5.22. The number of fused-ring (bicyclic) bond motifs is 1. The summed E-state index contributed by atoms with van der Waals surface area (Å²) in [6.07, 6.45) is 0. The predicted octanol–water partition coefficient (Wildman–Crippen LogP) is 4.29. The van der Waals surface area contributed by atoms with E-state index < -0.39 is 0 Å². The molecular formula is C23H26N6O2. The van der Waals surface area contributed by atoms with E-state index in [0.29, 0.717) is 22.7 Å². The van der Waals surface area contributed by atoms with Crippen molar-refractivity contribution in [2.75, 3.05) is 12.4 Å². The van der Waals surface area contributed by atoms with Crippen LogP contribution in [0.5, 0.6) is 5.75 Å². The number of carbonyl (C=O) groups excluding carboxylic acids is 1. The predicted molar refractivity (Wildman–Crippen MR) is 121 cm³/mol. The number of nitrogens with zero attached hydrogens (tertiary/aromatic N) is 5. The van der Waals surface area contributed by atoms with Gasteiger partial charge >= 0.3 is 0 Å². The third-order valence-corrected chi connectivity index (χ3v) is 5.23. The van der Waals surface area contributed by atoms with Crippen molar-refractivity contribution in [3.05, 3.63) is 53.3 Å². The van der Waals surface area contributed by atoms with E-state index in [-0.39, 0.29) is 11.9 Å². The van der Waals surface area contributed by atoms with Crippen LogP contribution in [-0.4, -0.2) is 37.6 Å². The standard InChI is InChI=1S/C23H26N6O2/c1-13(2)29-14(3)10-20(27-29)25-23(30)18-12-19(16-8-7-9-17(11-16)31-6)24-22-21(18)15(4)26-28(22)5/h7-13H,1-6H3,(H,25,27,30). The lowest BCUT2D eigenvalue weighted by Crippen LogP contribution is -2.14. The molecule has 4 rings (SSSR count). The van der Waals surface area contributed by atoms with Crippen LogP contribution in [0.2, 0.25) is 0 Å². The Bertz CT molecular complexity index is 1280. The summed E-state index contributed by atoms with van der Waals surface area (Å²) in [5.41, 5.74) is 4.41. The maximum atomic E-state index is 13.3. The largest absolute Gasteiger partial charge is 0.497 e. The first kappa shape index (κ1) is 20.6. The van der Waals surface area contributed by atoms with Gasteiger partial charge in [-0.1, -0.05) is 12.1 Å². The number of anilines is 1. The van der Waals surface area contributed by atoms with E-state index in [4.69, 9.17) is 9.72 Å². The van der Waals surface area contributed by atoms with Crippen molar-refractivity contribution in [3.63, 3.8) is 0 Å². The molecule has 8 nitrogen and oxygen atoms in total. The van der Waals surface area contributed by atoms with Gasteiger partial charge < -0.3 is 10.1 Å². The molecule has 0 unspecified atom stereocenters. The van der Waals surface area contributed by atoms with Crippen molar-refractivity contribution in [1.82, 2.24) is 24.5 Å². The Hall–Kier alpha value is -3.68. The fourth-order valence-electron chi connectivity index (χ4n) is 3.81. The average molecular weight is 419 g/mol. The van der Waals surface area contributed by atoms with Crippen LogP contribution in [0.1, 0.15) is 41.6 Å². The van der Waals surface area contributed by atoms with E-state index in [1.54, 1.807) is 17.9 Å². The summed E-state index contributed by atoms with van der Waals surface area (Å²) in [4.78, 5) is 18.1. The van der Waals surface area contributed by atoms with Crippen molar-refractivity contribution >= 4 is 22.8 Å². The van der Waals surface area contributed by atoms with Crippen molar-refractivity contribution in [2.45, 2.75) is 33.7 Å². The molecule has 31 heavy (non-hydrogen) atoms. The molecule has 0 fully saturated rings. The number of amides is 1. The minimum absolute atomic E-state index is 0.207. The van der Waals surface area contributed by atoms with Gasteiger partial charge in [0.1, 0.15) is 5.75 Å². The lowest BCUT2D eigenvalue weighted by atomic mass is 10.0. The molecule has 0 aliphatic heterocycles. The first-order valence-electron chi connectivity index (χ1n) is 10.1. The third kappa shape index (κ3) is 3.76. The zero-order chi connectivity index (χ0) is 22.3. The molecular weight excluding hydrogens is 392 g/mol. The van der Waals surface area contributed by atoms with Gasteiger partial charge in [-0.05, 0) is 45.9 Å². The molecule has 0 aliphatic carbocycles. The molecule has 0 saturated heterocycles. The van der Waals surface area contributed by atoms with Crippen LogP contribution in [0.3, 0.4) is 0 Å². The van der Waals surface area contributed by atoms with E-state index in [2.05, 4.69) is 29.4 Å². The van der Waals surface area contributed by atoms with Crippen LogP contribution in [0.4, 0.5) is 5.82 Å². The number of nitrogens with one attached hydrogen (secondary N) is 1. The highest BCUT2D eigenvalue weighted by atomic mass is 16.5. The lowest BCUT2D eigenvalue weighted by Gasteiger charge is -2.10. The molecule has 0 aliphatic rings. The summed E-state index contributed by atoms with van der Waals surface area (Å²) < 4.78 is 8.93. The van der Waals surface area contributed by atoms with Gasteiger partial charge in [-0.25, -0.2) is 4.98 Å². The molecule has 0 atom stereocenters. The molecule has 4 aromatic rings. The molecule has 160 valence electrons. The van der Waals surface area contributed by atoms with Crippen LogP contribution >= 0.6 is 0 Å². The van der Waals surface area contributed by atoms with E-state index in [0.717, 1.165) is 28.1 Å². The summed E-state index contributed by atoms with van der Waals surface area (Å²) in [5.74, 6) is 0.993. The van der Waals surface area contributed by atoms with Gasteiger partial charge in [0.2, 0.25) is 0 Å². The number of methoxy groups -OCH3 is 1. The highest BCUT2D eigenvalue weighted by Gasteiger charge is 2.20. The van der Waals surface area contributed by atoms with Gasteiger partial charge in [0.25, 0.3) is 5.91 Å². The van der Waals surface area contributed by atoms with Gasteiger partial charge in [0.15, 0.2) is 11.5 Å². The molecule has 0 radical (unpaired) electrons. The third-order valence-electron chi connectivity index (χ3n) is 5.23. The maximum absolute atomic E-state index is 13.3. The van der Waals surface area contributed by atoms with Gasteiger partial charge in [-0.3, -0.25) is 14.2 Å².